The lowest BCUT2D eigenvalue weighted by atomic mass is 10.0. The van der Waals surface area contributed by atoms with Gasteiger partial charge in [0.25, 0.3) is 5.91 Å². The van der Waals surface area contributed by atoms with E-state index >= 15 is 0 Å². The maximum absolute atomic E-state index is 12.8. The summed E-state index contributed by atoms with van der Waals surface area (Å²) >= 11 is 5.96. The van der Waals surface area contributed by atoms with Gasteiger partial charge in [0.2, 0.25) is 0 Å². The van der Waals surface area contributed by atoms with Crippen molar-refractivity contribution in [3.05, 3.63) is 83.0 Å². The number of esters is 1. The quantitative estimate of drug-likeness (QED) is 0.509. The molecule has 0 bridgehead atoms. The van der Waals surface area contributed by atoms with Gasteiger partial charge in [0.15, 0.2) is 0 Å². The molecule has 3 rings (SSSR count). The summed E-state index contributed by atoms with van der Waals surface area (Å²) in [6, 6.07) is 17.4. The zero-order chi connectivity index (χ0) is 22.2. The number of methoxy groups -OCH3 is 1. The molecular formula is C24H23ClN2O4. The Morgan fingerprint density at radius 3 is 2.52 bits per heavy atom. The summed E-state index contributed by atoms with van der Waals surface area (Å²) in [6.45, 7) is 2.01. The number of amides is 1. The molecule has 31 heavy (non-hydrogen) atoms. The Morgan fingerprint density at radius 2 is 1.87 bits per heavy atom. The number of carbonyl (C=O) groups is 2. The largest absolute Gasteiger partial charge is 0.497 e. The van der Waals surface area contributed by atoms with Crippen LogP contribution in [0.15, 0.2) is 66.9 Å². The zero-order valence-electron chi connectivity index (χ0n) is 17.3. The molecule has 0 saturated heterocycles. The van der Waals surface area contributed by atoms with E-state index in [-0.39, 0.29) is 18.9 Å². The van der Waals surface area contributed by atoms with Gasteiger partial charge in [-0.1, -0.05) is 35.9 Å². The van der Waals surface area contributed by atoms with Gasteiger partial charge in [0.1, 0.15) is 5.75 Å². The highest BCUT2D eigenvalue weighted by Gasteiger charge is 2.20. The lowest BCUT2D eigenvalue weighted by Crippen LogP contribution is -2.30. The first-order chi connectivity index (χ1) is 15.0. The van der Waals surface area contributed by atoms with E-state index in [0.717, 1.165) is 22.6 Å². The van der Waals surface area contributed by atoms with Crippen molar-refractivity contribution in [3.8, 4) is 17.0 Å². The Hall–Kier alpha value is -3.38. The van der Waals surface area contributed by atoms with Gasteiger partial charge in [0, 0.05) is 16.8 Å². The molecule has 0 aliphatic rings. The molecule has 7 heteroatoms. The number of hydrogen-bond donors (Lipinski definition) is 1. The van der Waals surface area contributed by atoms with Crippen LogP contribution in [0.2, 0.25) is 5.02 Å². The van der Waals surface area contributed by atoms with Crippen LogP contribution >= 0.6 is 11.6 Å². The van der Waals surface area contributed by atoms with Crippen LogP contribution in [-0.2, 0) is 9.53 Å². The van der Waals surface area contributed by atoms with Crippen LogP contribution in [0, 0.1) is 0 Å². The summed E-state index contributed by atoms with van der Waals surface area (Å²) in [6.07, 6.45) is 1.52. The van der Waals surface area contributed by atoms with E-state index in [1.54, 1.807) is 50.4 Å². The molecule has 3 aromatic rings. The first-order valence-corrected chi connectivity index (χ1v) is 10.2. The van der Waals surface area contributed by atoms with Gasteiger partial charge in [-0.05, 0) is 48.9 Å². The first-order valence-electron chi connectivity index (χ1n) is 9.82. The van der Waals surface area contributed by atoms with Crippen LogP contribution in [0.1, 0.15) is 35.3 Å². The van der Waals surface area contributed by atoms with Crippen LogP contribution in [-0.4, -0.2) is 30.6 Å². The van der Waals surface area contributed by atoms with E-state index < -0.39 is 12.0 Å². The summed E-state index contributed by atoms with van der Waals surface area (Å²) in [5.74, 6) is -0.00548. The molecule has 1 atom stereocenters. The molecule has 1 heterocycles. The Kier molecular flexibility index (Phi) is 7.62. The Balaban J connectivity index is 1.77. The van der Waals surface area contributed by atoms with Crippen molar-refractivity contribution < 1.29 is 19.1 Å². The van der Waals surface area contributed by atoms with E-state index in [2.05, 4.69) is 10.3 Å². The molecule has 2 aromatic carbocycles. The van der Waals surface area contributed by atoms with Gasteiger partial charge in [-0.3, -0.25) is 14.6 Å². The molecule has 160 valence electrons. The molecule has 1 N–H and O–H groups in total. The van der Waals surface area contributed by atoms with Gasteiger partial charge < -0.3 is 14.8 Å². The number of nitrogens with one attached hydrogen (secondary N) is 1. The molecule has 0 aliphatic carbocycles. The summed E-state index contributed by atoms with van der Waals surface area (Å²) in [5.41, 5.74) is 2.74. The third-order valence-electron chi connectivity index (χ3n) is 4.64. The number of halogens is 1. The van der Waals surface area contributed by atoms with Gasteiger partial charge >= 0.3 is 5.97 Å². The molecule has 6 nitrogen and oxygen atoms in total. The summed E-state index contributed by atoms with van der Waals surface area (Å²) in [5, 5.41) is 3.46. The second-order valence-electron chi connectivity index (χ2n) is 6.75. The SMILES string of the molecule is CCOC(=O)CC(NC(=O)c1ccc(-c2cccc(OC)c2)nc1)c1ccc(Cl)cc1. The number of ether oxygens (including phenoxy) is 2. The average Bonchev–Trinajstić information content (AvgIpc) is 2.79. The van der Waals surface area contributed by atoms with Crippen molar-refractivity contribution in [1.82, 2.24) is 10.3 Å². The third kappa shape index (κ3) is 6.06. The minimum Gasteiger partial charge on any atom is -0.497 e. The number of rotatable bonds is 8. The van der Waals surface area contributed by atoms with E-state index in [4.69, 9.17) is 21.1 Å². The minimum atomic E-state index is -0.554. The van der Waals surface area contributed by atoms with Crippen LogP contribution in [0.3, 0.4) is 0 Å². The molecule has 0 radical (unpaired) electrons. The highest BCUT2D eigenvalue weighted by molar-refractivity contribution is 6.30. The molecule has 1 amide bonds. The van der Waals surface area contributed by atoms with Crippen LogP contribution in [0.4, 0.5) is 0 Å². The van der Waals surface area contributed by atoms with Crippen LogP contribution in [0.5, 0.6) is 5.75 Å². The molecule has 0 spiro atoms. The topological polar surface area (TPSA) is 77.5 Å². The standard InChI is InChI=1S/C24H23ClN2O4/c1-3-31-23(28)14-22(16-7-10-19(25)11-8-16)27-24(29)18-9-12-21(26-15-18)17-5-4-6-20(13-17)30-2/h4-13,15,22H,3,14H2,1-2H3,(H,27,29). The lowest BCUT2D eigenvalue weighted by molar-refractivity contribution is -0.143. The second-order valence-corrected chi connectivity index (χ2v) is 7.19. The maximum atomic E-state index is 12.8. The Morgan fingerprint density at radius 1 is 1.10 bits per heavy atom. The van der Waals surface area contributed by atoms with Gasteiger partial charge in [-0.2, -0.15) is 0 Å². The van der Waals surface area contributed by atoms with Gasteiger partial charge in [0.05, 0.1) is 37.4 Å². The molecular weight excluding hydrogens is 416 g/mol. The third-order valence-corrected chi connectivity index (χ3v) is 4.90. The van der Waals surface area contributed by atoms with E-state index in [9.17, 15) is 9.59 Å². The maximum Gasteiger partial charge on any atom is 0.308 e. The lowest BCUT2D eigenvalue weighted by Gasteiger charge is -2.19. The smallest absolute Gasteiger partial charge is 0.308 e. The van der Waals surface area contributed by atoms with Crippen molar-refractivity contribution in [2.45, 2.75) is 19.4 Å². The van der Waals surface area contributed by atoms with Crippen LogP contribution in [0.25, 0.3) is 11.3 Å². The van der Waals surface area contributed by atoms with Crippen molar-refractivity contribution >= 4 is 23.5 Å². The molecule has 1 aromatic heterocycles. The number of carbonyl (C=O) groups excluding carboxylic acids is 2. The molecule has 0 fully saturated rings. The fourth-order valence-corrected chi connectivity index (χ4v) is 3.18. The molecule has 0 saturated carbocycles. The number of benzene rings is 2. The Labute approximate surface area is 186 Å². The van der Waals surface area contributed by atoms with Crippen LogP contribution < -0.4 is 10.1 Å². The van der Waals surface area contributed by atoms with Crippen molar-refractivity contribution in [1.29, 1.82) is 0 Å². The van der Waals surface area contributed by atoms with Crippen molar-refractivity contribution in [2.75, 3.05) is 13.7 Å². The predicted molar refractivity (Wildman–Crippen MR) is 119 cm³/mol. The second kappa shape index (κ2) is 10.6. The minimum absolute atomic E-state index is 0.0105. The number of nitrogens with zero attached hydrogens (tertiary/aromatic N) is 1. The fourth-order valence-electron chi connectivity index (χ4n) is 3.06. The Bertz CT molecular complexity index is 1040. The zero-order valence-corrected chi connectivity index (χ0v) is 18.1. The van der Waals surface area contributed by atoms with Crippen molar-refractivity contribution in [3.63, 3.8) is 0 Å². The van der Waals surface area contributed by atoms with E-state index in [1.807, 2.05) is 24.3 Å². The number of pyridine rings is 1. The summed E-state index contributed by atoms with van der Waals surface area (Å²) in [4.78, 5) is 29.3. The first kappa shape index (κ1) is 22.3. The van der Waals surface area contributed by atoms with E-state index in [1.165, 1.54) is 6.20 Å². The average molecular weight is 439 g/mol. The fraction of sp³-hybridized carbons (Fsp3) is 0.208. The highest BCUT2D eigenvalue weighted by Crippen LogP contribution is 2.23. The summed E-state index contributed by atoms with van der Waals surface area (Å²) in [7, 11) is 1.60. The predicted octanol–water partition coefficient (Wildman–Crippen LogP) is 4.83. The highest BCUT2D eigenvalue weighted by atomic mass is 35.5. The van der Waals surface area contributed by atoms with Gasteiger partial charge in [-0.25, -0.2) is 0 Å². The number of hydrogen-bond acceptors (Lipinski definition) is 5. The normalized spacial score (nSPS) is 11.5. The summed E-state index contributed by atoms with van der Waals surface area (Å²) < 4.78 is 10.3. The van der Waals surface area contributed by atoms with E-state index in [0.29, 0.717) is 10.6 Å². The molecule has 0 aliphatic heterocycles. The number of aromatic nitrogens is 1. The monoisotopic (exact) mass is 438 g/mol. The van der Waals surface area contributed by atoms with Crippen molar-refractivity contribution in [2.24, 2.45) is 0 Å². The van der Waals surface area contributed by atoms with Gasteiger partial charge in [-0.15, -0.1) is 0 Å². The molecule has 1 unspecified atom stereocenters.